The zero-order valence-corrected chi connectivity index (χ0v) is 15.6. The van der Waals surface area contributed by atoms with Crippen molar-refractivity contribution in [2.24, 2.45) is 5.92 Å². The Morgan fingerprint density at radius 3 is 2.79 bits per heavy atom. The number of carbonyl (C=O) groups is 1. The molecule has 0 radical (unpaired) electrons. The van der Waals surface area contributed by atoms with E-state index in [0.29, 0.717) is 36.9 Å². The predicted octanol–water partition coefficient (Wildman–Crippen LogP) is 1.81. The third-order valence-corrected chi connectivity index (χ3v) is 8.44. The summed E-state index contributed by atoms with van der Waals surface area (Å²) >= 11 is 1.33. The first-order valence-electron chi connectivity index (χ1n) is 8.24. The van der Waals surface area contributed by atoms with Crippen LogP contribution >= 0.6 is 11.3 Å². The lowest BCUT2D eigenvalue weighted by atomic mass is 9.83. The monoisotopic (exact) mass is 373 g/mol. The van der Waals surface area contributed by atoms with Crippen LogP contribution in [-0.4, -0.2) is 62.6 Å². The van der Waals surface area contributed by atoms with Gasteiger partial charge in [0.05, 0.1) is 19.0 Å². The van der Waals surface area contributed by atoms with E-state index in [1.54, 1.807) is 11.0 Å². The lowest BCUT2D eigenvalue weighted by Crippen LogP contribution is -2.68. The van der Waals surface area contributed by atoms with E-state index in [1.807, 2.05) is 19.2 Å². The highest BCUT2D eigenvalue weighted by Crippen LogP contribution is 2.45. The van der Waals surface area contributed by atoms with Crippen LogP contribution < -0.4 is 4.74 Å². The maximum Gasteiger partial charge on any atom is 0.267 e. The van der Waals surface area contributed by atoms with Crippen molar-refractivity contribution in [3.05, 3.63) is 16.3 Å². The molecule has 1 aromatic heterocycles. The van der Waals surface area contributed by atoms with Crippen molar-refractivity contribution in [1.29, 1.82) is 0 Å². The van der Waals surface area contributed by atoms with E-state index >= 15 is 0 Å². The second-order valence-corrected chi connectivity index (χ2v) is 9.60. The Morgan fingerprint density at radius 2 is 2.12 bits per heavy atom. The molecule has 24 heavy (non-hydrogen) atoms. The van der Waals surface area contributed by atoms with E-state index in [9.17, 15) is 13.2 Å². The maximum absolute atomic E-state index is 12.7. The molecule has 0 aliphatic carbocycles. The first kappa shape index (κ1) is 17.7. The van der Waals surface area contributed by atoms with E-state index in [0.717, 1.165) is 0 Å². The number of thiophene rings is 1. The molecule has 1 aromatic rings. The van der Waals surface area contributed by atoms with Crippen LogP contribution in [0.1, 0.15) is 29.9 Å². The molecule has 2 aliphatic heterocycles. The molecule has 6 nitrogen and oxygen atoms in total. The quantitative estimate of drug-likeness (QED) is 0.760. The minimum Gasteiger partial charge on any atom is -0.492 e. The Bertz CT molecular complexity index is 706. The summed E-state index contributed by atoms with van der Waals surface area (Å²) < 4.78 is 35.2. The number of hydrogen-bond donors (Lipinski definition) is 0. The summed E-state index contributed by atoms with van der Waals surface area (Å²) in [6, 6.07) is 1.78. The standard InChI is InChI=1S/C16H23NO5S2/c1-3-21-9-12-6-8-24(19,20)16(12)10-17(11-16)15(18)14-13(22-4-2)5-7-23-14/h5,7,12H,3-4,6,8-11H2,1-2H3/t12-/m1/s1. The van der Waals surface area contributed by atoms with Gasteiger partial charge in [-0.1, -0.05) is 0 Å². The number of carbonyl (C=O) groups excluding carboxylic acids is 1. The van der Waals surface area contributed by atoms with Gasteiger partial charge in [-0.2, -0.15) is 0 Å². The second kappa shape index (κ2) is 6.65. The molecule has 1 atom stereocenters. The van der Waals surface area contributed by atoms with Gasteiger partial charge in [0, 0.05) is 25.6 Å². The Labute approximate surface area is 146 Å². The number of hydrogen-bond acceptors (Lipinski definition) is 6. The molecule has 3 rings (SSSR count). The summed E-state index contributed by atoms with van der Waals surface area (Å²) in [6.45, 7) is 5.80. The minimum absolute atomic E-state index is 0.0267. The number of likely N-dealkylation sites (tertiary alicyclic amines) is 1. The zero-order valence-electron chi connectivity index (χ0n) is 14.0. The number of rotatable bonds is 6. The van der Waals surface area contributed by atoms with Crippen LogP contribution in [0, 0.1) is 5.92 Å². The molecule has 2 saturated heterocycles. The van der Waals surface area contributed by atoms with E-state index < -0.39 is 14.6 Å². The van der Waals surface area contributed by atoms with Crippen molar-refractivity contribution in [2.45, 2.75) is 25.0 Å². The molecular formula is C16H23NO5S2. The number of sulfone groups is 1. The van der Waals surface area contributed by atoms with E-state index in [4.69, 9.17) is 9.47 Å². The third-order valence-electron chi connectivity index (χ3n) is 4.95. The molecule has 2 fully saturated rings. The minimum atomic E-state index is -3.19. The smallest absolute Gasteiger partial charge is 0.267 e. The van der Waals surface area contributed by atoms with Crippen LogP contribution in [0.25, 0.3) is 0 Å². The Balaban J connectivity index is 1.74. The van der Waals surface area contributed by atoms with Gasteiger partial charge >= 0.3 is 0 Å². The highest BCUT2D eigenvalue weighted by atomic mass is 32.2. The van der Waals surface area contributed by atoms with Gasteiger partial charge in [0.1, 0.15) is 15.4 Å². The van der Waals surface area contributed by atoms with Crippen molar-refractivity contribution in [3.63, 3.8) is 0 Å². The second-order valence-electron chi connectivity index (χ2n) is 6.24. The molecular weight excluding hydrogens is 350 g/mol. The summed E-state index contributed by atoms with van der Waals surface area (Å²) in [5.41, 5.74) is 0. The van der Waals surface area contributed by atoms with Crippen LogP contribution in [0.4, 0.5) is 0 Å². The fourth-order valence-corrected chi connectivity index (χ4v) is 6.78. The molecule has 0 bridgehead atoms. The molecule has 134 valence electrons. The lowest BCUT2D eigenvalue weighted by Gasteiger charge is -2.49. The first-order chi connectivity index (χ1) is 11.4. The van der Waals surface area contributed by atoms with Crippen LogP contribution in [0.2, 0.25) is 0 Å². The summed E-state index contributed by atoms with van der Waals surface area (Å²) in [6.07, 6.45) is 0.619. The topological polar surface area (TPSA) is 72.9 Å². The largest absolute Gasteiger partial charge is 0.492 e. The lowest BCUT2D eigenvalue weighted by molar-refractivity contribution is 0.0272. The summed E-state index contributed by atoms with van der Waals surface area (Å²) in [7, 11) is -3.19. The molecule has 0 aromatic carbocycles. The molecule has 1 spiro atoms. The average Bonchev–Trinajstić information content (AvgIpc) is 3.05. The van der Waals surface area contributed by atoms with Crippen LogP contribution in [0.3, 0.4) is 0 Å². The van der Waals surface area contributed by atoms with Gasteiger partial charge in [-0.05, 0) is 31.7 Å². The van der Waals surface area contributed by atoms with Crippen molar-refractivity contribution in [1.82, 2.24) is 4.90 Å². The Morgan fingerprint density at radius 1 is 1.38 bits per heavy atom. The number of amides is 1. The molecule has 1 amide bonds. The van der Waals surface area contributed by atoms with Gasteiger partial charge in [-0.15, -0.1) is 11.3 Å². The van der Waals surface area contributed by atoms with Crippen molar-refractivity contribution in [2.75, 3.05) is 38.7 Å². The van der Waals surface area contributed by atoms with Gasteiger partial charge in [0.2, 0.25) is 0 Å². The molecule has 2 aliphatic rings. The predicted molar refractivity (Wildman–Crippen MR) is 92.5 cm³/mol. The van der Waals surface area contributed by atoms with Gasteiger partial charge in [-0.3, -0.25) is 4.79 Å². The molecule has 3 heterocycles. The van der Waals surface area contributed by atoms with E-state index in [2.05, 4.69) is 0 Å². The molecule has 0 saturated carbocycles. The van der Waals surface area contributed by atoms with Crippen molar-refractivity contribution < 1.29 is 22.7 Å². The average molecular weight is 373 g/mol. The number of nitrogens with zero attached hydrogens (tertiary/aromatic N) is 1. The van der Waals surface area contributed by atoms with Crippen molar-refractivity contribution in [3.8, 4) is 5.75 Å². The summed E-state index contributed by atoms with van der Waals surface area (Å²) in [5, 5.41) is 1.82. The van der Waals surface area contributed by atoms with Gasteiger partial charge < -0.3 is 14.4 Å². The third kappa shape index (κ3) is 2.74. The number of ether oxygens (including phenoxy) is 2. The summed E-state index contributed by atoms with van der Waals surface area (Å²) in [5.74, 6) is 0.599. The van der Waals surface area contributed by atoms with Crippen LogP contribution in [-0.2, 0) is 14.6 Å². The SMILES string of the molecule is CCOC[C@H]1CCS(=O)(=O)C12CN(C(=O)c1sccc1OCC)C2. The Hall–Kier alpha value is -1.12. The van der Waals surface area contributed by atoms with Gasteiger partial charge in [0.25, 0.3) is 5.91 Å². The molecule has 0 N–H and O–H groups in total. The normalized spacial score (nSPS) is 24.1. The van der Waals surface area contributed by atoms with Crippen molar-refractivity contribution >= 4 is 27.1 Å². The molecule has 0 unspecified atom stereocenters. The highest BCUT2D eigenvalue weighted by molar-refractivity contribution is 7.93. The fourth-order valence-electron chi connectivity index (χ4n) is 3.58. The van der Waals surface area contributed by atoms with E-state index in [-0.39, 0.29) is 30.7 Å². The fraction of sp³-hybridized carbons (Fsp3) is 0.688. The molecule has 8 heteroatoms. The first-order valence-corrected chi connectivity index (χ1v) is 10.8. The van der Waals surface area contributed by atoms with Gasteiger partial charge in [0.15, 0.2) is 9.84 Å². The summed E-state index contributed by atoms with van der Waals surface area (Å²) in [4.78, 5) is 14.9. The van der Waals surface area contributed by atoms with Crippen LogP contribution in [0.5, 0.6) is 5.75 Å². The Kier molecular flexibility index (Phi) is 4.90. The van der Waals surface area contributed by atoms with Crippen LogP contribution in [0.15, 0.2) is 11.4 Å². The maximum atomic E-state index is 12.7. The zero-order chi connectivity index (χ0) is 17.4. The van der Waals surface area contributed by atoms with E-state index in [1.165, 1.54) is 11.3 Å². The highest BCUT2D eigenvalue weighted by Gasteiger charge is 2.62. The van der Waals surface area contributed by atoms with Gasteiger partial charge in [-0.25, -0.2) is 8.42 Å².